The third-order valence-corrected chi connectivity index (χ3v) is 2.44. The minimum absolute atomic E-state index is 0.0151. The lowest BCUT2D eigenvalue weighted by Gasteiger charge is -2.15. The van der Waals surface area contributed by atoms with E-state index in [1.807, 2.05) is 44.2 Å². The molecule has 0 aliphatic carbocycles. The Morgan fingerprint density at radius 2 is 1.86 bits per heavy atom. The third-order valence-electron chi connectivity index (χ3n) is 2.02. The van der Waals surface area contributed by atoms with Gasteiger partial charge in [0.25, 0.3) is 0 Å². The average molecular weight is 256 g/mol. The molecular weight excluding hydrogens is 242 g/mol. The first-order chi connectivity index (χ1) is 6.61. The summed E-state index contributed by atoms with van der Waals surface area (Å²) in [6, 6.07) is 9.97. The molecule has 0 aliphatic heterocycles. The zero-order valence-electron chi connectivity index (χ0n) is 8.33. The maximum Gasteiger partial charge on any atom is 0.233 e. The molecule has 0 aromatic heterocycles. The molecule has 1 unspecified atom stereocenters. The molecule has 1 aromatic carbocycles. The van der Waals surface area contributed by atoms with E-state index >= 15 is 0 Å². The number of amides is 1. The van der Waals surface area contributed by atoms with E-state index in [1.54, 1.807) is 0 Å². The maximum atomic E-state index is 11.4. The molecule has 2 nitrogen and oxygen atoms in total. The second kappa shape index (κ2) is 5.15. The Kier molecular flexibility index (Phi) is 4.14. The van der Waals surface area contributed by atoms with Crippen LogP contribution in [0.4, 0.5) is 0 Å². The fourth-order valence-electron chi connectivity index (χ4n) is 1.15. The van der Waals surface area contributed by atoms with Gasteiger partial charge in [-0.3, -0.25) is 4.79 Å². The molecule has 0 saturated carbocycles. The van der Waals surface area contributed by atoms with Crippen molar-refractivity contribution < 1.29 is 4.79 Å². The van der Waals surface area contributed by atoms with Crippen LogP contribution in [0.15, 0.2) is 30.3 Å². The first kappa shape index (κ1) is 11.2. The lowest BCUT2D eigenvalue weighted by Crippen LogP contribution is -2.31. The van der Waals surface area contributed by atoms with Crippen LogP contribution in [0.5, 0.6) is 0 Å². The van der Waals surface area contributed by atoms with Crippen LogP contribution in [0, 0.1) is 0 Å². The van der Waals surface area contributed by atoms with Crippen molar-refractivity contribution in [3.8, 4) is 0 Å². The minimum Gasteiger partial charge on any atom is -0.349 e. The lowest BCUT2D eigenvalue weighted by atomic mass is 10.1. The molecule has 0 radical (unpaired) electrons. The van der Waals surface area contributed by atoms with Gasteiger partial charge in [-0.25, -0.2) is 0 Å². The Balaban J connectivity index is 2.59. The minimum atomic E-state index is -0.145. The van der Waals surface area contributed by atoms with Crippen molar-refractivity contribution in [3.05, 3.63) is 35.9 Å². The standard InChI is InChI=1S/C11H14BrNO/c1-8(12)11(14)13-9(2)10-6-4-3-5-7-10/h3-9H,1-2H3,(H,13,14)/t8?,9-/m0/s1. The molecule has 1 amide bonds. The molecule has 3 heteroatoms. The number of hydrogen-bond acceptors (Lipinski definition) is 1. The van der Waals surface area contributed by atoms with Crippen LogP contribution >= 0.6 is 15.9 Å². The predicted octanol–water partition coefficient (Wildman–Crippen LogP) is 2.65. The first-order valence-electron chi connectivity index (χ1n) is 4.60. The fourth-order valence-corrected chi connectivity index (χ4v) is 1.29. The van der Waals surface area contributed by atoms with E-state index in [2.05, 4.69) is 21.2 Å². The topological polar surface area (TPSA) is 29.1 Å². The van der Waals surface area contributed by atoms with E-state index in [9.17, 15) is 4.79 Å². The number of carbonyl (C=O) groups is 1. The normalized spacial score (nSPS) is 14.5. The molecule has 0 spiro atoms. The molecule has 0 heterocycles. The van der Waals surface area contributed by atoms with Gasteiger partial charge < -0.3 is 5.32 Å². The summed E-state index contributed by atoms with van der Waals surface area (Å²) in [6.45, 7) is 3.79. The van der Waals surface area contributed by atoms with Crippen LogP contribution in [0.25, 0.3) is 0 Å². The molecule has 0 fully saturated rings. The number of hydrogen-bond donors (Lipinski definition) is 1. The van der Waals surface area contributed by atoms with E-state index in [1.165, 1.54) is 0 Å². The van der Waals surface area contributed by atoms with Crippen molar-refractivity contribution >= 4 is 21.8 Å². The second-order valence-corrected chi connectivity index (χ2v) is 4.63. The van der Waals surface area contributed by atoms with Gasteiger partial charge >= 0.3 is 0 Å². The highest BCUT2D eigenvalue weighted by molar-refractivity contribution is 9.10. The van der Waals surface area contributed by atoms with Crippen LogP contribution in [-0.4, -0.2) is 10.7 Å². The van der Waals surface area contributed by atoms with Crippen molar-refractivity contribution in [2.75, 3.05) is 0 Å². The molecule has 0 saturated heterocycles. The quantitative estimate of drug-likeness (QED) is 0.827. The molecule has 0 aliphatic rings. The largest absolute Gasteiger partial charge is 0.349 e. The van der Waals surface area contributed by atoms with Crippen LogP contribution < -0.4 is 5.32 Å². The number of nitrogens with one attached hydrogen (secondary N) is 1. The van der Waals surface area contributed by atoms with E-state index in [0.29, 0.717) is 0 Å². The van der Waals surface area contributed by atoms with Gasteiger partial charge in [0, 0.05) is 0 Å². The number of alkyl halides is 1. The summed E-state index contributed by atoms with van der Waals surface area (Å²) in [4.78, 5) is 11.2. The molecule has 1 N–H and O–H groups in total. The lowest BCUT2D eigenvalue weighted by molar-refractivity contribution is -0.120. The fraction of sp³-hybridized carbons (Fsp3) is 0.364. The van der Waals surface area contributed by atoms with E-state index < -0.39 is 0 Å². The highest BCUT2D eigenvalue weighted by Crippen LogP contribution is 2.11. The first-order valence-corrected chi connectivity index (χ1v) is 5.52. The Labute approximate surface area is 92.8 Å². The molecule has 14 heavy (non-hydrogen) atoms. The highest BCUT2D eigenvalue weighted by atomic mass is 79.9. The summed E-state index contributed by atoms with van der Waals surface area (Å²) in [7, 11) is 0. The number of rotatable bonds is 3. The van der Waals surface area contributed by atoms with E-state index in [-0.39, 0.29) is 16.8 Å². The summed E-state index contributed by atoms with van der Waals surface area (Å²) < 4.78 is 0. The number of benzene rings is 1. The second-order valence-electron chi connectivity index (χ2n) is 3.26. The summed E-state index contributed by atoms with van der Waals surface area (Å²) in [6.07, 6.45) is 0. The molecule has 76 valence electrons. The molecule has 1 rings (SSSR count). The smallest absolute Gasteiger partial charge is 0.233 e. The van der Waals surface area contributed by atoms with Gasteiger partial charge in [0.15, 0.2) is 0 Å². The van der Waals surface area contributed by atoms with Gasteiger partial charge in [0.05, 0.1) is 10.9 Å². The van der Waals surface area contributed by atoms with Gasteiger partial charge in [-0.05, 0) is 19.4 Å². The summed E-state index contributed by atoms with van der Waals surface area (Å²) in [5, 5.41) is 2.91. The van der Waals surface area contributed by atoms with Crippen molar-refractivity contribution in [1.82, 2.24) is 5.32 Å². The van der Waals surface area contributed by atoms with Crippen LogP contribution in [0.2, 0.25) is 0 Å². The van der Waals surface area contributed by atoms with E-state index in [4.69, 9.17) is 0 Å². The summed E-state index contributed by atoms with van der Waals surface area (Å²) >= 11 is 3.23. The van der Waals surface area contributed by atoms with Gasteiger partial charge in [-0.1, -0.05) is 46.3 Å². The van der Waals surface area contributed by atoms with Gasteiger partial charge in [-0.2, -0.15) is 0 Å². The number of halogens is 1. The van der Waals surface area contributed by atoms with Crippen LogP contribution in [0.3, 0.4) is 0 Å². The van der Waals surface area contributed by atoms with Crippen molar-refractivity contribution in [2.45, 2.75) is 24.7 Å². The van der Waals surface area contributed by atoms with Gasteiger partial charge in [0.1, 0.15) is 0 Å². The van der Waals surface area contributed by atoms with Crippen molar-refractivity contribution in [2.24, 2.45) is 0 Å². The molecule has 1 aromatic rings. The third kappa shape index (κ3) is 3.14. The van der Waals surface area contributed by atoms with Gasteiger partial charge in [0.2, 0.25) is 5.91 Å². The summed E-state index contributed by atoms with van der Waals surface area (Å²) in [5.41, 5.74) is 1.12. The average Bonchev–Trinajstić information content (AvgIpc) is 2.19. The van der Waals surface area contributed by atoms with Crippen molar-refractivity contribution in [1.29, 1.82) is 0 Å². The zero-order chi connectivity index (χ0) is 10.6. The Morgan fingerprint density at radius 1 is 1.29 bits per heavy atom. The van der Waals surface area contributed by atoms with Gasteiger partial charge in [-0.15, -0.1) is 0 Å². The predicted molar refractivity (Wildman–Crippen MR) is 61.4 cm³/mol. The Hall–Kier alpha value is -0.830. The zero-order valence-corrected chi connectivity index (χ0v) is 9.91. The summed E-state index contributed by atoms with van der Waals surface area (Å²) in [5.74, 6) is 0.0151. The van der Waals surface area contributed by atoms with Crippen molar-refractivity contribution in [3.63, 3.8) is 0 Å². The SMILES string of the molecule is CC(Br)C(=O)N[C@@H](C)c1ccccc1. The maximum absolute atomic E-state index is 11.4. The molecule has 2 atom stereocenters. The van der Waals surface area contributed by atoms with Crippen LogP contribution in [-0.2, 0) is 4.79 Å². The van der Waals surface area contributed by atoms with E-state index in [0.717, 1.165) is 5.56 Å². The van der Waals surface area contributed by atoms with Crippen LogP contribution in [0.1, 0.15) is 25.5 Å². The molecule has 0 bridgehead atoms. The Morgan fingerprint density at radius 3 is 2.36 bits per heavy atom. The highest BCUT2D eigenvalue weighted by Gasteiger charge is 2.12. The molecular formula is C11H14BrNO. The Bertz CT molecular complexity index is 297. The number of carbonyl (C=O) groups excluding carboxylic acids is 1. The monoisotopic (exact) mass is 255 g/mol.